The van der Waals surface area contributed by atoms with Crippen molar-refractivity contribution in [2.45, 2.75) is 46.1 Å². The Bertz CT molecular complexity index is 594. The van der Waals surface area contributed by atoms with Crippen LogP contribution in [0.5, 0.6) is 0 Å². The van der Waals surface area contributed by atoms with Crippen LogP contribution in [0.2, 0.25) is 0 Å². The number of carboxylic acids is 1. The van der Waals surface area contributed by atoms with Gasteiger partial charge in [-0.2, -0.15) is 0 Å². The zero-order valence-corrected chi connectivity index (χ0v) is 12.7. The second-order valence-electron chi connectivity index (χ2n) is 7.49. The largest absolute Gasteiger partial charge is 0.478 e. The Kier molecular flexibility index (Phi) is 3.05. The zero-order chi connectivity index (χ0) is 15.4. The fourth-order valence-corrected chi connectivity index (χ4v) is 4.61. The van der Waals surface area contributed by atoms with Crippen molar-refractivity contribution in [1.82, 2.24) is 0 Å². The van der Waals surface area contributed by atoms with E-state index in [4.69, 9.17) is 5.11 Å². The molecule has 1 aromatic carbocycles. The molecule has 0 saturated heterocycles. The number of rotatable bonds is 3. The number of halogens is 1. The van der Waals surface area contributed by atoms with E-state index in [0.717, 1.165) is 0 Å². The number of aromatic carboxylic acids is 1. The molecule has 0 aromatic heterocycles. The van der Waals surface area contributed by atoms with Gasteiger partial charge in [-0.25, -0.2) is 9.18 Å². The SMILES string of the molecule is CC1(C)C(Nc2ccc(F)c(C(=O)O)c2)[C@]2(C)CC[C@H]1C2. The maximum atomic E-state index is 13.5. The van der Waals surface area contributed by atoms with Crippen LogP contribution >= 0.6 is 0 Å². The van der Waals surface area contributed by atoms with Gasteiger partial charge < -0.3 is 10.4 Å². The molecule has 3 rings (SSSR count). The quantitative estimate of drug-likeness (QED) is 0.879. The first-order valence-electron chi connectivity index (χ1n) is 7.53. The molecule has 0 radical (unpaired) electrons. The number of nitrogens with one attached hydrogen (secondary N) is 1. The van der Waals surface area contributed by atoms with Gasteiger partial charge in [0.15, 0.2) is 0 Å². The molecule has 3 atom stereocenters. The van der Waals surface area contributed by atoms with Gasteiger partial charge in [-0.1, -0.05) is 20.8 Å². The Morgan fingerprint density at radius 2 is 2.10 bits per heavy atom. The van der Waals surface area contributed by atoms with Crippen LogP contribution in [0.1, 0.15) is 50.4 Å². The Morgan fingerprint density at radius 1 is 1.38 bits per heavy atom. The average Bonchev–Trinajstić information content (AvgIpc) is 2.87. The number of carbonyl (C=O) groups is 1. The summed E-state index contributed by atoms with van der Waals surface area (Å²) in [6.07, 6.45) is 3.68. The van der Waals surface area contributed by atoms with E-state index in [2.05, 4.69) is 26.1 Å². The van der Waals surface area contributed by atoms with E-state index in [1.54, 1.807) is 6.07 Å². The summed E-state index contributed by atoms with van der Waals surface area (Å²) < 4.78 is 13.5. The molecule has 2 N–H and O–H groups in total. The molecule has 21 heavy (non-hydrogen) atoms. The highest BCUT2D eigenvalue weighted by Crippen LogP contribution is 2.63. The lowest BCUT2D eigenvalue weighted by atomic mass is 9.68. The minimum Gasteiger partial charge on any atom is -0.478 e. The van der Waals surface area contributed by atoms with E-state index in [1.807, 2.05) is 0 Å². The van der Waals surface area contributed by atoms with Gasteiger partial charge in [0.1, 0.15) is 5.82 Å². The van der Waals surface area contributed by atoms with Crippen LogP contribution in [-0.2, 0) is 0 Å². The van der Waals surface area contributed by atoms with Gasteiger partial charge in [0.2, 0.25) is 0 Å². The molecular formula is C17H22FNO2. The molecule has 2 saturated carbocycles. The highest BCUT2D eigenvalue weighted by molar-refractivity contribution is 5.89. The number of hydrogen-bond donors (Lipinski definition) is 2. The minimum atomic E-state index is -1.23. The summed E-state index contributed by atoms with van der Waals surface area (Å²) in [5, 5.41) is 12.5. The van der Waals surface area contributed by atoms with E-state index in [9.17, 15) is 9.18 Å². The zero-order valence-electron chi connectivity index (χ0n) is 12.7. The number of anilines is 1. The van der Waals surface area contributed by atoms with Crippen LogP contribution in [0.4, 0.5) is 10.1 Å². The van der Waals surface area contributed by atoms with E-state index in [0.29, 0.717) is 11.6 Å². The molecule has 1 aromatic rings. The van der Waals surface area contributed by atoms with Gasteiger partial charge in [-0.05, 0) is 54.2 Å². The predicted molar refractivity (Wildman–Crippen MR) is 80.0 cm³/mol. The van der Waals surface area contributed by atoms with Crippen molar-refractivity contribution in [3.63, 3.8) is 0 Å². The lowest BCUT2D eigenvalue weighted by Gasteiger charge is -2.43. The summed E-state index contributed by atoms with van der Waals surface area (Å²) in [5.41, 5.74) is 0.836. The van der Waals surface area contributed by atoms with Gasteiger partial charge >= 0.3 is 5.97 Å². The van der Waals surface area contributed by atoms with Crippen molar-refractivity contribution in [2.75, 3.05) is 5.32 Å². The van der Waals surface area contributed by atoms with Gasteiger partial charge in [0.25, 0.3) is 0 Å². The second-order valence-corrected chi connectivity index (χ2v) is 7.49. The van der Waals surface area contributed by atoms with Crippen molar-refractivity contribution in [1.29, 1.82) is 0 Å². The van der Waals surface area contributed by atoms with Crippen LogP contribution in [0.3, 0.4) is 0 Å². The molecule has 2 aliphatic carbocycles. The average molecular weight is 291 g/mol. The van der Waals surface area contributed by atoms with Gasteiger partial charge in [-0.15, -0.1) is 0 Å². The maximum absolute atomic E-state index is 13.5. The van der Waals surface area contributed by atoms with E-state index in [1.165, 1.54) is 31.4 Å². The molecule has 3 nitrogen and oxygen atoms in total. The third-order valence-corrected chi connectivity index (χ3v) is 5.78. The van der Waals surface area contributed by atoms with Crippen LogP contribution in [0.15, 0.2) is 18.2 Å². The summed E-state index contributed by atoms with van der Waals surface area (Å²) in [6, 6.07) is 4.56. The topological polar surface area (TPSA) is 49.3 Å². The summed E-state index contributed by atoms with van der Waals surface area (Å²) in [6.45, 7) is 6.86. The molecule has 114 valence electrons. The monoisotopic (exact) mass is 291 g/mol. The lowest BCUT2D eigenvalue weighted by Crippen LogP contribution is -2.45. The predicted octanol–water partition coefficient (Wildman–Crippen LogP) is 4.15. The Labute approximate surface area is 124 Å². The number of hydrogen-bond acceptors (Lipinski definition) is 2. The Morgan fingerprint density at radius 3 is 2.67 bits per heavy atom. The van der Waals surface area contributed by atoms with Gasteiger partial charge in [0, 0.05) is 11.7 Å². The van der Waals surface area contributed by atoms with Gasteiger partial charge in [-0.3, -0.25) is 0 Å². The first-order valence-corrected chi connectivity index (χ1v) is 7.53. The molecule has 2 bridgehead atoms. The maximum Gasteiger partial charge on any atom is 0.338 e. The highest BCUT2D eigenvalue weighted by atomic mass is 19.1. The molecular weight excluding hydrogens is 269 g/mol. The fourth-order valence-electron chi connectivity index (χ4n) is 4.61. The standard InChI is InChI=1S/C17H22FNO2/c1-16(2)10-6-7-17(3,9-10)15(16)19-11-4-5-13(18)12(8-11)14(20)21/h4-5,8,10,15,19H,6-7,9H2,1-3H3,(H,20,21)/t10-,15?,17+/m0/s1. The third-order valence-electron chi connectivity index (χ3n) is 5.78. The number of fused-ring (bicyclic) bond motifs is 2. The van der Waals surface area contributed by atoms with E-state index >= 15 is 0 Å². The highest BCUT2D eigenvalue weighted by Gasteiger charge is 2.59. The van der Waals surface area contributed by atoms with Crippen molar-refractivity contribution in [3.8, 4) is 0 Å². The lowest BCUT2D eigenvalue weighted by molar-refractivity contribution is 0.0692. The summed E-state index contributed by atoms with van der Waals surface area (Å²) in [7, 11) is 0. The normalized spacial score (nSPS) is 33.1. The van der Waals surface area contributed by atoms with E-state index < -0.39 is 11.8 Å². The summed E-state index contributed by atoms with van der Waals surface area (Å²) in [5.74, 6) is -1.21. The van der Waals surface area contributed by atoms with Crippen LogP contribution in [0.25, 0.3) is 0 Å². The van der Waals surface area contributed by atoms with Crippen molar-refractivity contribution < 1.29 is 14.3 Å². The second kappa shape index (κ2) is 4.46. The summed E-state index contributed by atoms with van der Waals surface area (Å²) >= 11 is 0. The molecule has 4 heteroatoms. The molecule has 0 amide bonds. The molecule has 0 aliphatic heterocycles. The first-order chi connectivity index (χ1) is 9.74. The molecule has 2 fully saturated rings. The van der Waals surface area contributed by atoms with Crippen molar-refractivity contribution >= 4 is 11.7 Å². The molecule has 0 heterocycles. The molecule has 2 aliphatic rings. The van der Waals surface area contributed by atoms with E-state index in [-0.39, 0.29) is 22.4 Å². The van der Waals surface area contributed by atoms with Crippen molar-refractivity contribution in [3.05, 3.63) is 29.6 Å². The molecule has 1 unspecified atom stereocenters. The number of benzene rings is 1. The van der Waals surface area contributed by atoms with Gasteiger partial charge in [0.05, 0.1) is 5.56 Å². The summed E-state index contributed by atoms with van der Waals surface area (Å²) in [4.78, 5) is 11.1. The van der Waals surface area contributed by atoms with Crippen molar-refractivity contribution in [2.24, 2.45) is 16.7 Å². The van der Waals surface area contributed by atoms with Crippen LogP contribution in [-0.4, -0.2) is 17.1 Å². The minimum absolute atomic E-state index is 0.171. The van der Waals surface area contributed by atoms with Crippen LogP contribution in [0, 0.1) is 22.6 Å². The Hall–Kier alpha value is -1.58. The fraction of sp³-hybridized carbons (Fsp3) is 0.588. The Balaban J connectivity index is 1.90. The number of carboxylic acid groups (broad SMARTS) is 1. The first kappa shape index (κ1) is 14.4. The third kappa shape index (κ3) is 2.12. The van der Waals surface area contributed by atoms with Crippen LogP contribution < -0.4 is 5.32 Å². The smallest absolute Gasteiger partial charge is 0.338 e. The molecule has 0 spiro atoms.